The molecule has 0 bridgehead atoms. The predicted octanol–water partition coefficient (Wildman–Crippen LogP) is -0.110. The number of carbonyl (C=O) groups excluding carboxylic acids is 1. The first kappa shape index (κ1) is 12.4. The number of amides is 1. The molecule has 1 amide bonds. The van der Waals surface area contributed by atoms with Crippen LogP contribution in [0.4, 0.5) is 0 Å². The van der Waals surface area contributed by atoms with Crippen LogP contribution in [0.2, 0.25) is 0 Å². The van der Waals surface area contributed by atoms with Gasteiger partial charge < -0.3 is 15.5 Å². The van der Waals surface area contributed by atoms with E-state index >= 15 is 0 Å². The minimum absolute atomic E-state index is 0.0663. The Labute approximate surface area is 79.0 Å². The number of hydrogen-bond acceptors (Lipinski definition) is 3. The van der Waals surface area contributed by atoms with Crippen LogP contribution in [0.25, 0.3) is 0 Å². The van der Waals surface area contributed by atoms with Gasteiger partial charge in [-0.15, -0.1) is 0 Å². The third kappa shape index (κ3) is 5.60. The summed E-state index contributed by atoms with van der Waals surface area (Å²) in [5, 5.41) is 20.5. The van der Waals surface area contributed by atoms with Crippen molar-refractivity contribution in [2.75, 3.05) is 6.61 Å². The van der Waals surface area contributed by atoms with Crippen molar-refractivity contribution in [3.8, 4) is 0 Å². The molecule has 78 valence electrons. The number of carbonyl (C=O) groups is 1. The van der Waals surface area contributed by atoms with Crippen LogP contribution in [0.1, 0.15) is 27.2 Å². The van der Waals surface area contributed by atoms with Crippen molar-refractivity contribution in [2.45, 2.75) is 39.3 Å². The van der Waals surface area contributed by atoms with Crippen LogP contribution in [-0.4, -0.2) is 34.9 Å². The van der Waals surface area contributed by atoms with Crippen molar-refractivity contribution in [1.29, 1.82) is 0 Å². The van der Waals surface area contributed by atoms with Crippen LogP contribution in [0.3, 0.4) is 0 Å². The number of nitrogens with one attached hydrogen (secondary N) is 1. The van der Waals surface area contributed by atoms with Crippen molar-refractivity contribution in [2.24, 2.45) is 5.92 Å². The first-order valence-corrected chi connectivity index (χ1v) is 4.55. The van der Waals surface area contributed by atoms with Crippen LogP contribution >= 0.6 is 0 Å². The molecule has 0 aromatic rings. The van der Waals surface area contributed by atoms with E-state index in [4.69, 9.17) is 10.2 Å². The van der Waals surface area contributed by atoms with Gasteiger partial charge in [0.2, 0.25) is 5.91 Å². The second-order valence-electron chi connectivity index (χ2n) is 3.65. The molecule has 0 fully saturated rings. The molecule has 0 radical (unpaired) electrons. The molecule has 2 atom stereocenters. The normalized spacial score (nSPS) is 15.5. The number of aliphatic hydroxyl groups is 2. The molecule has 13 heavy (non-hydrogen) atoms. The van der Waals surface area contributed by atoms with Gasteiger partial charge in [-0.3, -0.25) is 4.79 Å². The molecular formula is C9H19NO3. The Morgan fingerprint density at radius 2 is 1.92 bits per heavy atom. The van der Waals surface area contributed by atoms with E-state index in [0.29, 0.717) is 0 Å². The highest BCUT2D eigenvalue weighted by atomic mass is 16.3. The summed E-state index contributed by atoms with van der Waals surface area (Å²) < 4.78 is 0. The second kappa shape index (κ2) is 5.94. The Bertz CT molecular complexity index is 157. The van der Waals surface area contributed by atoms with Crippen LogP contribution < -0.4 is 5.32 Å². The van der Waals surface area contributed by atoms with Crippen molar-refractivity contribution in [3.05, 3.63) is 0 Å². The fraction of sp³-hybridized carbons (Fsp3) is 0.889. The lowest BCUT2D eigenvalue weighted by molar-refractivity contribution is -0.124. The molecule has 0 saturated carbocycles. The smallest absolute Gasteiger partial charge is 0.222 e. The Morgan fingerprint density at radius 1 is 1.38 bits per heavy atom. The van der Waals surface area contributed by atoms with Gasteiger partial charge in [-0.1, -0.05) is 13.8 Å². The van der Waals surface area contributed by atoms with Gasteiger partial charge in [-0.2, -0.15) is 0 Å². The van der Waals surface area contributed by atoms with Gasteiger partial charge in [0.05, 0.1) is 25.2 Å². The predicted molar refractivity (Wildman–Crippen MR) is 50.2 cm³/mol. The van der Waals surface area contributed by atoms with Gasteiger partial charge in [0.25, 0.3) is 0 Å². The summed E-state index contributed by atoms with van der Waals surface area (Å²) in [4.78, 5) is 11.1. The molecular weight excluding hydrogens is 170 g/mol. The second-order valence-corrected chi connectivity index (χ2v) is 3.65. The Morgan fingerprint density at radius 3 is 2.23 bits per heavy atom. The standard InChI is InChI=1S/C9H19NO3/c1-6(2)8(5-11)10-9(13)4-7(3)12/h6-8,11-12H,4-5H2,1-3H3,(H,10,13)/t7-,8-/m0/s1. The number of hydrogen-bond donors (Lipinski definition) is 3. The van der Waals surface area contributed by atoms with E-state index in [-0.39, 0.29) is 30.9 Å². The van der Waals surface area contributed by atoms with Gasteiger partial charge in [0.15, 0.2) is 0 Å². The quantitative estimate of drug-likeness (QED) is 0.565. The highest BCUT2D eigenvalue weighted by molar-refractivity contribution is 5.76. The maximum absolute atomic E-state index is 11.1. The minimum atomic E-state index is -0.633. The first-order chi connectivity index (χ1) is 5.97. The molecule has 3 N–H and O–H groups in total. The van der Waals surface area contributed by atoms with Crippen molar-refractivity contribution >= 4 is 5.91 Å². The monoisotopic (exact) mass is 189 g/mol. The topological polar surface area (TPSA) is 69.6 Å². The van der Waals surface area contributed by atoms with E-state index in [9.17, 15) is 4.79 Å². The highest BCUT2D eigenvalue weighted by Crippen LogP contribution is 2.01. The third-order valence-electron chi connectivity index (χ3n) is 1.83. The number of aliphatic hydroxyl groups excluding tert-OH is 2. The molecule has 4 heteroatoms. The largest absolute Gasteiger partial charge is 0.394 e. The average molecular weight is 189 g/mol. The van der Waals surface area contributed by atoms with Gasteiger partial charge in [0, 0.05) is 0 Å². The van der Waals surface area contributed by atoms with Crippen molar-refractivity contribution < 1.29 is 15.0 Å². The maximum atomic E-state index is 11.1. The van der Waals surface area contributed by atoms with Crippen LogP contribution in [-0.2, 0) is 4.79 Å². The SMILES string of the molecule is CC(C)[C@H](CO)NC(=O)C[C@H](C)O. The summed E-state index contributed by atoms with van der Waals surface area (Å²) in [6.45, 7) is 5.33. The average Bonchev–Trinajstić information content (AvgIpc) is 1.98. The van der Waals surface area contributed by atoms with E-state index < -0.39 is 6.10 Å². The van der Waals surface area contributed by atoms with Crippen LogP contribution in [0, 0.1) is 5.92 Å². The van der Waals surface area contributed by atoms with Gasteiger partial charge in [-0.05, 0) is 12.8 Å². The number of rotatable bonds is 5. The molecule has 0 aliphatic carbocycles. The molecule has 0 saturated heterocycles. The van der Waals surface area contributed by atoms with Crippen molar-refractivity contribution in [1.82, 2.24) is 5.32 Å². The van der Waals surface area contributed by atoms with Gasteiger partial charge in [0.1, 0.15) is 0 Å². The lowest BCUT2D eigenvalue weighted by Crippen LogP contribution is -2.41. The summed E-state index contributed by atoms with van der Waals surface area (Å²) in [5.74, 6) is -0.0225. The van der Waals surface area contributed by atoms with Gasteiger partial charge >= 0.3 is 0 Å². The molecule has 4 nitrogen and oxygen atoms in total. The van der Waals surface area contributed by atoms with Gasteiger partial charge in [-0.25, -0.2) is 0 Å². The fourth-order valence-corrected chi connectivity index (χ4v) is 0.957. The summed E-state index contributed by atoms with van der Waals surface area (Å²) in [5.41, 5.74) is 0. The lowest BCUT2D eigenvalue weighted by Gasteiger charge is -2.20. The van der Waals surface area contributed by atoms with Crippen LogP contribution in [0.5, 0.6) is 0 Å². The van der Waals surface area contributed by atoms with E-state index in [2.05, 4.69) is 5.32 Å². The van der Waals surface area contributed by atoms with E-state index in [1.165, 1.54) is 0 Å². The lowest BCUT2D eigenvalue weighted by atomic mass is 10.1. The molecule has 0 rings (SSSR count). The molecule has 0 aliphatic heterocycles. The summed E-state index contributed by atoms with van der Waals surface area (Å²) >= 11 is 0. The molecule has 0 aliphatic rings. The Kier molecular flexibility index (Phi) is 5.66. The zero-order valence-corrected chi connectivity index (χ0v) is 8.45. The van der Waals surface area contributed by atoms with E-state index in [1.807, 2.05) is 13.8 Å². The molecule has 0 unspecified atom stereocenters. The molecule has 0 aromatic heterocycles. The molecule has 0 spiro atoms. The first-order valence-electron chi connectivity index (χ1n) is 4.55. The molecule has 0 aromatic carbocycles. The van der Waals surface area contributed by atoms with Crippen molar-refractivity contribution in [3.63, 3.8) is 0 Å². The van der Waals surface area contributed by atoms with E-state index in [0.717, 1.165) is 0 Å². The zero-order valence-electron chi connectivity index (χ0n) is 8.45. The van der Waals surface area contributed by atoms with Crippen LogP contribution in [0.15, 0.2) is 0 Å². The Hall–Kier alpha value is -0.610. The zero-order chi connectivity index (χ0) is 10.4. The third-order valence-corrected chi connectivity index (χ3v) is 1.83. The summed E-state index contributed by atoms with van der Waals surface area (Å²) in [7, 11) is 0. The minimum Gasteiger partial charge on any atom is -0.394 e. The van der Waals surface area contributed by atoms with E-state index in [1.54, 1.807) is 6.92 Å². The summed E-state index contributed by atoms with van der Waals surface area (Å²) in [6, 6.07) is -0.216. The Balaban J connectivity index is 3.87. The molecule has 0 heterocycles. The fourth-order valence-electron chi connectivity index (χ4n) is 0.957. The maximum Gasteiger partial charge on any atom is 0.222 e. The summed E-state index contributed by atoms with van der Waals surface area (Å²) in [6.07, 6.45) is -0.546. The highest BCUT2D eigenvalue weighted by Gasteiger charge is 2.15.